The van der Waals surface area contributed by atoms with E-state index >= 15 is 0 Å². The molecule has 4 heteroatoms. The molecule has 0 saturated heterocycles. The number of fused-ring (bicyclic) bond motifs is 1. The minimum atomic E-state index is 0.0574. The van der Waals surface area contributed by atoms with Crippen molar-refractivity contribution in [3.8, 4) is 5.75 Å². The maximum atomic E-state index is 11.8. The van der Waals surface area contributed by atoms with Crippen LogP contribution in [0.3, 0.4) is 0 Å². The fraction of sp³-hybridized carbons (Fsp3) is 0.250. The summed E-state index contributed by atoms with van der Waals surface area (Å²) in [4.78, 5) is 14.8. The maximum absolute atomic E-state index is 11.8. The highest BCUT2D eigenvalue weighted by atomic mass is 16.5. The van der Waals surface area contributed by atoms with Gasteiger partial charge in [-0.1, -0.05) is 0 Å². The second-order valence-corrected chi connectivity index (χ2v) is 3.58. The van der Waals surface area contributed by atoms with Crippen molar-refractivity contribution in [2.45, 2.75) is 6.42 Å². The minimum absolute atomic E-state index is 0.0574. The van der Waals surface area contributed by atoms with Gasteiger partial charge in [-0.05, 0) is 24.7 Å². The second kappa shape index (κ2) is 4.37. The van der Waals surface area contributed by atoms with Crippen LogP contribution in [0.2, 0.25) is 0 Å². The van der Waals surface area contributed by atoms with Crippen LogP contribution in [0.5, 0.6) is 5.75 Å². The maximum Gasteiger partial charge on any atom is 0.166 e. The van der Waals surface area contributed by atoms with Gasteiger partial charge in [-0.25, -0.2) is 0 Å². The van der Waals surface area contributed by atoms with Gasteiger partial charge in [0.2, 0.25) is 0 Å². The van der Waals surface area contributed by atoms with Crippen LogP contribution in [0.25, 0.3) is 10.9 Å². The molecule has 0 radical (unpaired) electrons. The first-order chi connectivity index (χ1) is 7.76. The number of hydrogen-bond acceptors (Lipinski definition) is 3. The number of rotatable bonds is 4. The lowest BCUT2D eigenvalue weighted by atomic mass is 10.1. The average molecular weight is 218 g/mol. The fourth-order valence-electron chi connectivity index (χ4n) is 1.72. The number of ketones is 1. The number of methoxy groups -OCH3 is 1. The van der Waals surface area contributed by atoms with Gasteiger partial charge in [0, 0.05) is 29.1 Å². The van der Waals surface area contributed by atoms with E-state index in [4.69, 9.17) is 10.5 Å². The summed E-state index contributed by atoms with van der Waals surface area (Å²) in [5.41, 5.74) is 6.99. The first-order valence-electron chi connectivity index (χ1n) is 5.14. The topological polar surface area (TPSA) is 68.1 Å². The van der Waals surface area contributed by atoms with Gasteiger partial charge in [0.1, 0.15) is 5.75 Å². The molecule has 0 aliphatic carbocycles. The number of aromatic nitrogens is 1. The Labute approximate surface area is 93.4 Å². The van der Waals surface area contributed by atoms with Crippen molar-refractivity contribution < 1.29 is 9.53 Å². The Morgan fingerprint density at radius 1 is 1.50 bits per heavy atom. The standard InChI is InChI=1S/C12H14N2O2/c1-16-8-2-3-11-9(6-8)10(7-14-11)12(15)4-5-13/h2-3,6-7,14H,4-5,13H2,1H3. The van der Waals surface area contributed by atoms with Crippen LogP contribution in [0.4, 0.5) is 0 Å². The molecular formula is C12H14N2O2. The summed E-state index contributed by atoms with van der Waals surface area (Å²) in [6, 6.07) is 5.61. The second-order valence-electron chi connectivity index (χ2n) is 3.58. The van der Waals surface area contributed by atoms with Gasteiger partial charge in [0.25, 0.3) is 0 Å². The third-order valence-electron chi connectivity index (χ3n) is 2.56. The van der Waals surface area contributed by atoms with E-state index in [1.165, 1.54) is 0 Å². The van der Waals surface area contributed by atoms with Crippen molar-refractivity contribution >= 4 is 16.7 Å². The Balaban J connectivity index is 2.49. The summed E-state index contributed by atoms with van der Waals surface area (Å²) < 4.78 is 5.14. The zero-order valence-electron chi connectivity index (χ0n) is 9.12. The molecule has 0 saturated carbocycles. The number of hydrogen-bond donors (Lipinski definition) is 2. The van der Waals surface area contributed by atoms with Crippen molar-refractivity contribution in [3.05, 3.63) is 30.0 Å². The summed E-state index contributed by atoms with van der Waals surface area (Å²) in [6.45, 7) is 0.371. The van der Waals surface area contributed by atoms with Crippen LogP contribution in [0.15, 0.2) is 24.4 Å². The van der Waals surface area contributed by atoms with Gasteiger partial charge in [-0.3, -0.25) is 4.79 Å². The third-order valence-corrected chi connectivity index (χ3v) is 2.56. The molecule has 84 valence electrons. The number of Topliss-reactive ketones (excluding diaryl/α,β-unsaturated/α-hetero) is 1. The molecule has 0 amide bonds. The van der Waals surface area contributed by atoms with E-state index in [1.807, 2.05) is 18.2 Å². The molecule has 1 aromatic carbocycles. The van der Waals surface area contributed by atoms with E-state index < -0.39 is 0 Å². The van der Waals surface area contributed by atoms with Crippen molar-refractivity contribution in [2.24, 2.45) is 5.73 Å². The summed E-state index contributed by atoms with van der Waals surface area (Å²) in [5.74, 6) is 0.802. The van der Waals surface area contributed by atoms with Gasteiger partial charge >= 0.3 is 0 Å². The Morgan fingerprint density at radius 2 is 2.31 bits per heavy atom. The monoisotopic (exact) mass is 218 g/mol. The van der Waals surface area contributed by atoms with Crippen LogP contribution in [0.1, 0.15) is 16.8 Å². The largest absolute Gasteiger partial charge is 0.497 e. The molecule has 4 nitrogen and oxygen atoms in total. The molecule has 2 aromatic rings. The average Bonchev–Trinajstić information content (AvgIpc) is 2.71. The molecule has 0 fully saturated rings. The zero-order valence-corrected chi connectivity index (χ0v) is 9.12. The number of carbonyl (C=O) groups is 1. The van der Waals surface area contributed by atoms with Crippen molar-refractivity contribution in [3.63, 3.8) is 0 Å². The molecule has 3 N–H and O–H groups in total. The smallest absolute Gasteiger partial charge is 0.166 e. The van der Waals surface area contributed by atoms with E-state index in [9.17, 15) is 4.79 Å². The lowest BCUT2D eigenvalue weighted by Gasteiger charge is -2.00. The van der Waals surface area contributed by atoms with Crippen LogP contribution in [-0.2, 0) is 0 Å². The zero-order chi connectivity index (χ0) is 11.5. The van der Waals surface area contributed by atoms with Crippen LogP contribution < -0.4 is 10.5 Å². The number of benzene rings is 1. The first kappa shape index (κ1) is 10.7. The normalized spacial score (nSPS) is 10.6. The molecule has 0 aliphatic rings. The van der Waals surface area contributed by atoms with Crippen molar-refractivity contribution in [1.29, 1.82) is 0 Å². The molecule has 1 heterocycles. The Bertz CT molecular complexity index is 517. The predicted octanol–water partition coefficient (Wildman–Crippen LogP) is 1.71. The Kier molecular flexibility index (Phi) is 2.92. The Hall–Kier alpha value is -1.81. The van der Waals surface area contributed by atoms with E-state index in [0.717, 1.165) is 16.7 Å². The molecule has 16 heavy (non-hydrogen) atoms. The number of nitrogens with two attached hydrogens (primary N) is 1. The highest BCUT2D eigenvalue weighted by molar-refractivity contribution is 6.08. The molecule has 2 rings (SSSR count). The predicted molar refractivity (Wildman–Crippen MR) is 62.9 cm³/mol. The van der Waals surface area contributed by atoms with Crippen molar-refractivity contribution in [1.82, 2.24) is 4.98 Å². The van der Waals surface area contributed by atoms with Gasteiger partial charge in [0.05, 0.1) is 7.11 Å². The summed E-state index contributed by atoms with van der Waals surface area (Å²) >= 11 is 0. The molecule has 0 spiro atoms. The lowest BCUT2D eigenvalue weighted by Crippen LogP contribution is -2.07. The highest BCUT2D eigenvalue weighted by Crippen LogP contribution is 2.24. The van der Waals surface area contributed by atoms with Gasteiger partial charge in [-0.15, -0.1) is 0 Å². The lowest BCUT2D eigenvalue weighted by molar-refractivity contribution is 0.0987. The molecule has 1 aromatic heterocycles. The molecular weight excluding hydrogens is 204 g/mol. The third kappa shape index (κ3) is 1.79. The van der Waals surface area contributed by atoms with Gasteiger partial charge in [0.15, 0.2) is 5.78 Å². The summed E-state index contributed by atoms with van der Waals surface area (Å²) in [6.07, 6.45) is 2.09. The van der Waals surface area contributed by atoms with E-state index in [-0.39, 0.29) is 5.78 Å². The van der Waals surface area contributed by atoms with E-state index in [1.54, 1.807) is 13.3 Å². The molecule has 0 atom stereocenters. The van der Waals surface area contributed by atoms with Crippen molar-refractivity contribution in [2.75, 3.05) is 13.7 Å². The first-order valence-corrected chi connectivity index (χ1v) is 5.14. The number of nitrogens with one attached hydrogen (secondary N) is 1. The molecule has 0 aliphatic heterocycles. The molecule has 0 bridgehead atoms. The highest BCUT2D eigenvalue weighted by Gasteiger charge is 2.11. The Morgan fingerprint density at radius 3 is 3.00 bits per heavy atom. The molecule has 0 unspecified atom stereocenters. The van der Waals surface area contributed by atoms with E-state index in [0.29, 0.717) is 18.5 Å². The number of aromatic amines is 1. The quantitative estimate of drug-likeness (QED) is 0.767. The fourth-order valence-corrected chi connectivity index (χ4v) is 1.72. The SMILES string of the molecule is COc1ccc2[nH]cc(C(=O)CCN)c2c1. The number of H-pyrrole nitrogens is 1. The number of ether oxygens (including phenoxy) is 1. The number of carbonyl (C=O) groups excluding carboxylic acids is 1. The van der Waals surface area contributed by atoms with Crippen LogP contribution >= 0.6 is 0 Å². The van der Waals surface area contributed by atoms with Crippen LogP contribution in [-0.4, -0.2) is 24.4 Å². The van der Waals surface area contributed by atoms with Gasteiger partial charge in [-0.2, -0.15) is 0 Å². The summed E-state index contributed by atoms with van der Waals surface area (Å²) in [7, 11) is 1.61. The van der Waals surface area contributed by atoms with E-state index in [2.05, 4.69) is 4.98 Å². The minimum Gasteiger partial charge on any atom is -0.497 e. The van der Waals surface area contributed by atoms with Gasteiger partial charge < -0.3 is 15.5 Å². The van der Waals surface area contributed by atoms with Crippen LogP contribution in [0, 0.1) is 0 Å². The summed E-state index contributed by atoms with van der Waals surface area (Å²) in [5, 5.41) is 0.887.